The molecule has 15 heavy (non-hydrogen) atoms. The molecule has 2 heteroatoms. The van der Waals surface area contributed by atoms with Crippen molar-refractivity contribution in [3.05, 3.63) is 0 Å². The van der Waals surface area contributed by atoms with E-state index in [0.717, 1.165) is 30.6 Å². The highest BCUT2D eigenvalue weighted by Crippen LogP contribution is 2.44. The molecule has 2 nitrogen and oxygen atoms in total. The summed E-state index contributed by atoms with van der Waals surface area (Å²) in [5.74, 6) is 2.83. The Kier molecular flexibility index (Phi) is 3.32. The minimum Gasteiger partial charge on any atom is -0.469 e. The van der Waals surface area contributed by atoms with Crippen LogP contribution in [0.2, 0.25) is 0 Å². The van der Waals surface area contributed by atoms with Crippen molar-refractivity contribution < 1.29 is 9.53 Å². The number of carbonyl (C=O) groups is 1. The van der Waals surface area contributed by atoms with Crippen molar-refractivity contribution in [2.24, 2.45) is 23.7 Å². The second-order valence-corrected chi connectivity index (χ2v) is 5.47. The van der Waals surface area contributed by atoms with Gasteiger partial charge in [0.15, 0.2) is 0 Å². The summed E-state index contributed by atoms with van der Waals surface area (Å²) >= 11 is 0. The zero-order chi connectivity index (χ0) is 10.8. The summed E-state index contributed by atoms with van der Waals surface area (Å²) in [5, 5.41) is 0. The van der Waals surface area contributed by atoms with E-state index in [4.69, 9.17) is 4.74 Å². The Labute approximate surface area is 92.4 Å². The predicted octanol–water partition coefficient (Wildman–Crippen LogP) is 3.01. The van der Waals surface area contributed by atoms with E-state index in [0.29, 0.717) is 0 Å². The Morgan fingerprint density at radius 2 is 1.73 bits per heavy atom. The number of hydrogen-bond donors (Lipinski definition) is 0. The lowest BCUT2D eigenvalue weighted by molar-refractivity contribution is -0.148. The van der Waals surface area contributed by atoms with E-state index in [9.17, 15) is 4.79 Å². The summed E-state index contributed by atoms with van der Waals surface area (Å²) in [5.41, 5.74) is 0. The number of hydrogen-bond acceptors (Lipinski definition) is 2. The van der Waals surface area contributed by atoms with Gasteiger partial charge >= 0.3 is 5.97 Å². The van der Waals surface area contributed by atoms with Crippen LogP contribution in [0.5, 0.6) is 0 Å². The van der Waals surface area contributed by atoms with E-state index < -0.39 is 0 Å². The van der Waals surface area contributed by atoms with Crippen LogP contribution in [0, 0.1) is 23.7 Å². The van der Waals surface area contributed by atoms with Crippen molar-refractivity contribution in [3.63, 3.8) is 0 Å². The Bertz CT molecular complexity index is 237. The van der Waals surface area contributed by atoms with E-state index in [1.54, 1.807) is 0 Å². The van der Waals surface area contributed by atoms with E-state index >= 15 is 0 Å². The smallest absolute Gasteiger partial charge is 0.308 e. The fraction of sp³-hybridized carbons (Fsp3) is 0.923. The fourth-order valence-electron chi connectivity index (χ4n) is 3.50. The Hall–Kier alpha value is -0.530. The molecule has 4 unspecified atom stereocenters. The second kappa shape index (κ2) is 4.54. The van der Waals surface area contributed by atoms with Crippen molar-refractivity contribution in [1.29, 1.82) is 0 Å². The van der Waals surface area contributed by atoms with Crippen LogP contribution in [-0.4, -0.2) is 13.1 Å². The molecule has 0 aromatic carbocycles. The van der Waals surface area contributed by atoms with E-state index in [1.165, 1.54) is 32.8 Å². The average Bonchev–Trinajstić information content (AvgIpc) is 2.27. The highest BCUT2D eigenvalue weighted by Gasteiger charge is 2.36. The van der Waals surface area contributed by atoms with Crippen LogP contribution in [0.3, 0.4) is 0 Å². The number of fused-ring (bicyclic) bond motifs is 1. The van der Waals surface area contributed by atoms with Crippen molar-refractivity contribution in [2.75, 3.05) is 7.11 Å². The first kappa shape index (κ1) is 11.0. The average molecular weight is 210 g/mol. The van der Waals surface area contributed by atoms with Crippen LogP contribution >= 0.6 is 0 Å². The molecule has 0 radical (unpaired) electrons. The van der Waals surface area contributed by atoms with Crippen LogP contribution < -0.4 is 0 Å². The molecule has 0 saturated heterocycles. The van der Waals surface area contributed by atoms with Crippen molar-refractivity contribution in [2.45, 2.75) is 45.4 Å². The van der Waals surface area contributed by atoms with Gasteiger partial charge in [-0.1, -0.05) is 13.3 Å². The molecule has 0 aromatic rings. The number of rotatable bonds is 1. The maximum absolute atomic E-state index is 11.5. The van der Waals surface area contributed by atoms with Gasteiger partial charge in [-0.15, -0.1) is 0 Å². The van der Waals surface area contributed by atoms with Gasteiger partial charge in [-0.2, -0.15) is 0 Å². The third kappa shape index (κ3) is 2.35. The monoisotopic (exact) mass is 210 g/mol. The highest BCUT2D eigenvalue weighted by molar-refractivity contribution is 5.72. The first-order valence-electron chi connectivity index (χ1n) is 6.28. The molecule has 86 valence electrons. The molecule has 2 rings (SSSR count). The summed E-state index contributed by atoms with van der Waals surface area (Å²) < 4.78 is 4.85. The Balaban J connectivity index is 1.92. The molecule has 2 fully saturated rings. The molecule has 2 aliphatic carbocycles. The number of carbonyl (C=O) groups excluding carboxylic acids is 1. The third-order valence-corrected chi connectivity index (χ3v) is 4.41. The van der Waals surface area contributed by atoms with Crippen molar-refractivity contribution >= 4 is 5.97 Å². The van der Waals surface area contributed by atoms with Gasteiger partial charge in [-0.3, -0.25) is 4.79 Å². The summed E-state index contributed by atoms with van der Waals surface area (Å²) in [6.45, 7) is 2.36. The molecule has 4 atom stereocenters. The second-order valence-electron chi connectivity index (χ2n) is 5.47. The van der Waals surface area contributed by atoms with E-state index in [2.05, 4.69) is 6.92 Å². The van der Waals surface area contributed by atoms with Crippen LogP contribution in [0.15, 0.2) is 0 Å². The first-order chi connectivity index (χ1) is 7.20. The maximum Gasteiger partial charge on any atom is 0.308 e. The lowest BCUT2D eigenvalue weighted by Crippen LogP contribution is -2.33. The van der Waals surface area contributed by atoms with Gasteiger partial charge in [0, 0.05) is 0 Å². The number of esters is 1. The predicted molar refractivity (Wildman–Crippen MR) is 59.4 cm³/mol. The van der Waals surface area contributed by atoms with Gasteiger partial charge in [0.05, 0.1) is 13.0 Å². The molecular formula is C13H22O2. The largest absolute Gasteiger partial charge is 0.469 e. The SMILES string of the molecule is COC(=O)C1CCC2CC(C)CCC2C1. The van der Waals surface area contributed by atoms with Gasteiger partial charge in [0.2, 0.25) is 0 Å². The van der Waals surface area contributed by atoms with Crippen molar-refractivity contribution in [3.8, 4) is 0 Å². The summed E-state index contributed by atoms with van der Waals surface area (Å²) in [6, 6.07) is 0. The van der Waals surface area contributed by atoms with Gasteiger partial charge < -0.3 is 4.74 Å². The van der Waals surface area contributed by atoms with Crippen LogP contribution in [0.1, 0.15) is 45.4 Å². The fourth-order valence-corrected chi connectivity index (χ4v) is 3.50. The molecule has 0 spiro atoms. The van der Waals surface area contributed by atoms with Crippen LogP contribution in [-0.2, 0) is 9.53 Å². The Morgan fingerprint density at radius 3 is 2.47 bits per heavy atom. The maximum atomic E-state index is 11.5. The molecule has 0 N–H and O–H groups in total. The number of methoxy groups -OCH3 is 1. The summed E-state index contributed by atoms with van der Waals surface area (Å²) in [7, 11) is 1.51. The van der Waals surface area contributed by atoms with E-state index in [-0.39, 0.29) is 11.9 Å². The normalized spacial score (nSPS) is 40.7. The molecule has 0 amide bonds. The van der Waals surface area contributed by atoms with Gasteiger partial charge in [-0.05, 0) is 49.9 Å². The van der Waals surface area contributed by atoms with Crippen LogP contribution in [0.25, 0.3) is 0 Å². The van der Waals surface area contributed by atoms with Gasteiger partial charge in [0.25, 0.3) is 0 Å². The molecule has 0 heterocycles. The standard InChI is InChI=1S/C13H22O2/c1-9-3-4-11-8-12(13(14)15-2)6-5-10(11)7-9/h9-12H,3-8H2,1-2H3. The summed E-state index contributed by atoms with van der Waals surface area (Å²) in [4.78, 5) is 11.5. The van der Waals surface area contributed by atoms with Gasteiger partial charge in [-0.25, -0.2) is 0 Å². The topological polar surface area (TPSA) is 26.3 Å². The van der Waals surface area contributed by atoms with Crippen LogP contribution in [0.4, 0.5) is 0 Å². The number of ether oxygens (including phenoxy) is 1. The van der Waals surface area contributed by atoms with Crippen molar-refractivity contribution in [1.82, 2.24) is 0 Å². The molecule has 2 aliphatic rings. The molecular weight excluding hydrogens is 188 g/mol. The van der Waals surface area contributed by atoms with E-state index in [1.807, 2.05) is 0 Å². The third-order valence-electron chi connectivity index (χ3n) is 4.41. The quantitative estimate of drug-likeness (QED) is 0.622. The molecule has 0 aliphatic heterocycles. The zero-order valence-electron chi connectivity index (χ0n) is 9.87. The van der Waals surface area contributed by atoms with Gasteiger partial charge in [0.1, 0.15) is 0 Å². The zero-order valence-corrected chi connectivity index (χ0v) is 9.87. The first-order valence-corrected chi connectivity index (χ1v) is 6.28. The molecule has 0 aromatic heterocycles. The Morgan fingerprint density at radius 1 is 1.07 bits per heavy atom. The lowest BCUT2D eigenvalue weighted by atomic mass is 9.65. The minimum absolute atomic E-state index is 0.0204. The lowest BCUT2D eigenvalue weighted by Gasteiger charge is -2.40. The highest BCUT2D eigenvalue weighted by atomic mass is 16.5. The minimum atomic E-state index is 0.0204. The molecule has 0 bridgehead atoms. The molecule has 2 saturated carbocycles. The summed E-state index contributed by atoms with van der Waals surface area (Å²) in [6.07, 6.45) is 7.46.